The first-order chi connectivity index (χ1) is 17.9. The van der Waals surface area contributed by atoms with Crippen LogP contribution in [0.4, 0.5) is 4.39 Å². The van der Waals surface area contributed by atoms with Crippen molar-refractivity contribution in [3.63, 3.8) is 0 Å². The molecule has 1 aromatic carbocycles. The largest absolute Gasteiger partial charge is 0.493 e. The van der Waals surface area contributed by atoms with E-state index in [1.54, 1.807) is 13.0 Å². The Morgan fingerprint density at radius 1 is 1.11 bits per heavy atom. The molecular weight excluding hydrogens is 489 g/mol. The van der Waals surface area contributed by atoms with Crippen LogP contribution < -0.4 is 15.0 Å². The molecule has 0 amide bonds. The molecule has 0 unspecified atom stereocenters. The van der Waals surface area contributed by atoms with Crippen molar-refractivity contribution in [2.75, 3.05) is 7.11 Å². The van der Waals surface area contributed by atoms with Crippen LogP contribution in [0.25, 0.3) is 0 Å². The van der Waals surface area contributed by atoms with Gasteiger partial charge in [-0.25, -0.2) is 9.07 Å². The Kier molecular flexibility index (Phi) is 11.9. The average molecular weight is 532 g/mol. The zero-order chi connectivity index (χ0) is 28.4. The number of rotatable bonds is 15. The van der Waals surface area contributed by atoms with Crippen molar-refractivity contribution in [3.8, 4) is 11.5 Å². The van der Waals surface area contributed by atoms with Crippen molar-refractivity contribution in [2.45, 2.75) is 87.0 Å². The molecule has 9 heteroatoms. The number of hydrogen-bond acceptors (Lipinski definition) is 7. The first-order valence-electron chi connectivity index (χ1n) is 13.2. The van der Waals surface area contributed by atoms with Gasteiger partial charge in [-0.2, -0.15) is 5.10 Å². The number of nitrogens with zero attached hydrogens (tertiary/aromatic N) is 3. The van der Waals surface area contributed by atoms with Crippen LogP contribution in [-0.2, 0) is 22.8 Å². The molecule has 0 aliphatic carbocycles. The van der Waals surface area contributed by atoms with Gasteiger partial charge in [-0.1, -0.05) is 32.9 Å². The summed E-state index contributed by atoms with van der Waals surface area (Å²) >= 11 is 0. The van der Waals surface area contributed by atoms with E-state index in [2.05, 4.69) is 24.1 Å². The Balaban J connectivity index is 2.38. The molecule has 0 fully saturated rings. The number of hydrogen-bond donors (Lipinski definition) is 0. The van der Waals surface area contributed by atoms with Crippen LogP contribution in [0.15, 0.2) is 34.2 Å². The van der Waals surface area contributed by atoms with Crippen LogP contribution in [0.1, 0.15) is 79.0 Å². The van der Waals surface area contributed by atoms with Gasteiger partial charge in [0.15, 0.2) is 11.5 Å². The normalized spacial score (nSPS) is 12.8. The van der Waals surface area contributed by atoms with Gasteiger partial charge in [0.2, 0.25) is 0 Å². The van der Waals surface area contributed by atoms with Crippen molar-refractivity contribution in [2.24, 2.45) is 22.9 Å². The molecule has 1 atom stereocenters. The summed E-state index contributed by atoms with van der Waals surface area (Å²) in [5.41, 5.74) is 0.966. The van der Waals surface area contributed by atoms with Gasteiger partial charge >= 0.3 is 0 Å². The minimum absolute atomic E-state index is 0.0132. The lowest BCUT2D eigenvalue weighted by molar-refractivity contribution is -0.122. The predicted molar refractivity (Wildman–Crippen MR) is 146 cm³/mol. The second-order valence-electron chi connectivity index (χ2n) is 10.5. The van der Waals surface area contributed by atoms with E-state index in [0.29, 0.717) is 35.7 Å². The number of halogens is 1. The molecule has 8 nitrogen and oxygen atoms in total. The van der Waals surface area contributed by atoms with Crippen LogP contribution in [0.2, 0.25) is 0 Å². The summed E-state index contributed by atoms with van der Waals surface area (Å²) in [6.07, 6.45) is 1.93. The molecule has 2 rings (SSSR count). The van der Waals surface area contributed by atoms with E-state index < -0.39 is 5.82 Å². The molecule has 0 saturated heterocycles. The Morgan fingerprint density at radius 3 is 2.42 bits per heavy atom. The van der Waals surface area contributed by atoms with E-state index in [1.807, 2.05) is 27.7 Å². The molecule has 0 aliphatic rings. The first-order valence-corrected chi connectivity index (χ1v) is 13.2. The molecule has 0 bridgehead atoms. The molecule has 38 heavy (non-hydrogen) atoms. The van der Waals surface area contributed by atoms with Gasteiger partial charge in [0.25, 0.3) is 5.56 Å². The molecule has 0 aliphatic heterocycles. The van der Waals surface area contributed by atoms with Crippen LogP contribution in [-0.4, -0.2) is 34.5 Å². The highest BCUT2D eigenvalue weighted by Crippen LogP contribution is 2.28. The number of oxime groups is 1. The van der Waals surface area contributed by atoms with Crippen molar-refractivity contribution in [1.29, 1.82) is 0 Å². The summed E-state index contributed by atoms with van der Waals surface area (Å²) in [7, 11) is 1.48. The lowest BCUT2D eigenvalue weighted by atomic mass is 9.89. The Morgan fingerprint density at radius 2 is 1.82 bits per heavy atom. The van der Waals surface area contributed by atoms with Crippen LogP contribution in [0, 0.1) is 23.6 Å². The second-order valence-corrected chi connectivity index (χ2v) is 10.5. The van der Waals surface area contributed by atoms with E-state index >= 15 is 0 Å². The maximum atomic E-state index is 13.8. The van der Waals surface area contributed by atoms with E-state index in [4.69, 9.17) is 14.3 Å². The number of carbonyl (C=O) groups excluding carboxylic acids is 1. The Labute approximate surface area is 225 Å². The standard InChI is InChI=1S/C29H42FN3O5/c1-18(2)22(10-9-11-26(34)19(3)4)16-33-29(35)25(21(7)32-38-20(5)6)15-24(31-33)17-37-28-14-23(30)12-13-27(28)36-8/h12-15,18-20,22H,9-11,16-17H2,1-8H3/b32-21+/t22-/m1/s1. The van der Waals surface area contributed by atoms with Gasteiger partial charge in [0.1, 0.15) is 24.3 Å². The summed E-state index contributed by atoms with van der Waals surface area (Å²) < 4.78 is 26.4. The molecule has 0 N–H and O–H groups in total. The van der Waals surface area contributed by atoms with E-state index in [0.717, 1.165) is 12.8 Å². The lowest BCUT2D eigenvalue weighted by Crippen LogP contribution is -2.33. The molecule has 0 spiro atoms. The van der Waals surface area contributed by atoms with Gasteiger partial charge in [-0.3, -0.25) is 9.59 Å². The zero-order valence-corrected chi connectivity index (χ0v) is 23.9. The van der Waals surface area contributed by atoms with Crippen LogP contribution in [0.3, 0.4) is 0 Å². The van der Waals surface area contributed by atoms with Crippen molar-refractivity contribution in [1.82, 2.24) is 9.78 Å². The Bertz CT molecular complexity index is 1160. The minimum atomic E-state index is -0.455. The van der Waals surface area contributed by atoms with E-state index in [9.17, 15) is 14.0 Å². The molecule has 1 heterocycles. The molecule has 210 valence electrons. The van der Waals surface area contributed by atoms with Gasteiger partial charge < -0.3 is 14.3 Å². The average Bonchev–Trinajstić information content (AvgIpc) is 2.86. The fourth-order valence-corrected chi connectivity index (χ4v) is 3.88. The van der Waals surface area contributed by atoms with Gasteiger partial charge in [0.05, 0.1) is 24.1 Å². The highest BCUT2D eigenvalue weighted by atomic mass is 19.1. The number of carbonyl (C=O) groups is 1. The number of Topliss-reactive ketones (excluding diaryl/α,β-unsaturated/α-hetero) is 1. The maximum absolute atomic E-state index is 13.8. The van der Waals surface area contributed by atoms with Gasteiger partial charge in [-0.15, -0.1) is 0 Å². The monoisotopic (exact) mass is 531 g/mol. The lowest BCUT2D eigenvalue weighted by Gasteiger charge is -2.22. The summed E-state index contributed by atoms with van der Waals surface area (Å²) in [6.45, 7) is 13.8. The molecule has 2 aromatic rings. The summed E-state index contributed by atoms with van der Waals surface area (Å²) in [6, 6.07) is 5.64. The first kappa shape index (κ1) is 31.0. The van der Waals surface area contributed by atoms with E-state index in [-0.39, 0.29) is 47.6 Å². The van der Waals surface area contributed by atoms with Crippen LogP contribution >= 0.6 is 0 Å². The Hall–Kier alpha value is -3.23. The molecule has 0 saturated carbocycles. The number of ketones is 1. The maximum Gasteiger partial charge on any atom is 0.276 e. The number of ether oxygens (including phenoxy) is 2. The zero-order valence-electron chi connectivity index (χ0n) is 23.9. The summed E-state index contributed by atoms with van der Waals surface area (Å²) in [5, 5.41) is 8.70. The number of methoxy groups -OCH3 is 1. The highest BCUT2D eigenvalue weighted by Gasteiger charge is 2.20. The third kappa shape index (κ3) is 9.26. The number of aromatic nitrogens is 2. The quantitative estimate of drug-likeness (QED) is 0.213. The second kappa shape index (κ2) is 14.6. The van der Waals surface area contributed by atoms with Gasteiger partial charge in [0, 0.05) is 24.9 Å². The molecule has 1 aromatic heterocycles. The number of benzene rings is 1. The highest BCUT2D eigenvalue weighted by molar-refractivity contribution is 5.98. The fourth-order valence-electron chi connectivity index (χ4n) is 3.88. The van der Waals surface area contributed by atoms with Crippen LogP contribution in [0.5, 0.6) is 11.5 Å². The minimum Gasteiger partial charge on any atom is -0.493 e. The summed E-state index contributed by atoms with van der Waals surface area (Å²) in [4.78, 5) is 30.9. The third-order valence-electron chi connectivity index (χ3n) is 6.31. The van der Waals surface area contributed by atoms with E-state index in [1.165, 1.54) is 30.0 Å². The topological polar surface area (TPSA) is 92.0 Å². The molecular formula is C29H42FN3O5. The van der Waals surface area contributed by atoms with Crippen molar-refractivity contribution < 1.29 is 23.5 Å². The fraction of sp³-hybridized carbons (Fsp3) is 0.586. The SMILES string of the molecule is COc1ccc(F)cc1OCc1cc(/C(C)=N/OC(C)C)c(=O)n(C[C@@H](CCCC(=O)C(C)C)C(C)C)n1. The molecule has 0 radical (unpaired) electrons. The smallest absolute Gasteiger partial charge is 0.276 e. The predicted octanol–water partition coefficient (Wildman–Crippen LogP) is 5.79. The van der Waals surface area contributed by atoms with Crippen molar-refractivity contribution >= 4 is 11.5 Å². The van der Waals surface area contributed by atoms with Gasteiger partial charge in [-0.05, 0) is 63.6 Å². The van der Waals surface area contributed by atoms with Crippen molar-refractivity contribution in [3.05, 3.63) is 51.7 Å². The summed E-state index contributed by atoms with van der Waals surface area (Å²) in [5.74, 6) is 0.838. The third-order valence-corrected chi connectivity index (χ3v) is 6.31.